The molecule has 2 N–H and O–H groups in total. The van der Waals surface area contributed by atoms with E-state index in [0.717, 1.165) is 5.56 Å². The van der Waals surface area contributed by atoms with Crippen molar-refractivity contribution in [2.75, 3.05) is 5.32 Å². The largest absolute Gasteiger partial charge is 0.508 e. The minimum atomic E-state index is -0.430. The summed E-state index contributed by atoms with van der Waals surface area (Å²) in [6.07, 6.45) is 0. The number of phenolic OH excluding ortho intramolecular Hbond substituents is 1. The van der Waals surface area contributed by atoms with E-state index in [1.807, 2.05) is 6.92 Å². The fourth-order valence-corrected chi connectivity index (χ4v) is 2.23. The Morgan fingerprint density at radius 2 is 1.90 bits per heavy atom. The van der Waals surface area contributed by atoms with Crippen molar-refractivity contribution in [2.24, 2.45) is 0 Å². The van der Waals surface area contributed by atoms with Gasteiger partial charge in [0.1, 0.15) is 5.75 Å². The maximum absolute atomic E-state index is 10.9. The van der Waals surface area contributed by atoms with Crippen molar-refractivity contribution < 1.29 is 10.0 Å². The molecule has 0 fully saturated rings. The van der Waals surface area contributed by atoms with Gasteiger partial charge < -0.3 is 10.4 Å². The molecule has 2 aromatic rings. The lowest BCUT2D eigenvalue weighted by Gasteiger charge is -2.15. The molecule has 0 radical (unpaired) electrons. The average Bonchev–Trinajstić information content (AvgIpc) is 2.41. The minimum absolute atomic E-state index is 0.0212. The normalized spacial score (nSPS) is 11.9. The second-order valence-electron chi connectivity index (χ2n) is 4.38. The Bertz CT molecular complexity index is 629. The summed E-state index contributed by atoms with van der Waals surface area (Å²) in [5, 5.41) is 23.3. The molecule has 104 valence electrons. The van der Waals surface area contributed by atoms with Crippen LogP contribution in [0.2, 0.25) is 0 Å². The molecule has 0 aliphatic rings. The first kappa shape index (κ1) is 14.3. The van der Waals surface area contributed by atoms with Crippen LogP contribution in [0.3, 0.4) is 0 Å². The number of anilines is 1. The number of hydrogen-bond acceptors (Lipinski definition) is 4. The molecule has 0 saturated heterocycles. The van der Waals surface area contributed by atoms with E-state index in [9.17, 15) is 15.2 Å². The number of benzene rings is 2. The molecule has 0 spiro atoms. The van der Waals surface area contributed by atoms with Crippen molar-refractivity contribution in [3.63, 3.8) is 0 Å². The Kier molecular flexibility index (Phi) is 4.24. The van der Waals surface area contributed by atoms with Crippen LogP contribution < -0.4 is 5.32 Å². The second-order valence-corrected chi connectivity index (χ2v) is 5.24. The van der Waals surface area contributed by atoms with E-state index in [4.69, 9.17) is 0 Å². The van der Waals surface area contributed by atoms with Crippen molar-refractivity contribution in [3.8, 4) is 5.75 Å². The van der Waals surface area contributed by atoms with Gasteiger partial charge >= 0.3 is 0 Å². The SMILES string of the molecule is CC(Nc1ccc(Br)c([N+](=O)[O-])c1)c1ccc(O)cc1. The van der Waals surface area contributed by atoms with Crippen LogP contribution in [0.1, 0.15) is 18.5 Å². The molecule has 5 nitrogen and oxygen atoms in total. The summed E-state index contributed by atoms with van der Waals surface area (Å²) >= 11 is 3.15. The Hall–Kier alpha value is -2.08. The Morgan fingerprint density at radius 3 is 2.50 bits per heavy atom. The number of nitrogens with zero attached hydrogens (tertiary/aromatic N) is 1. The third-order valence-corrected chi connectivity index (χ3v) is 3.59. The van der Waals surface area contributed by atoms with E-state index in [-0.39, 0.29) is 17.5 Å². The minimum Gasteiger partial charge on any atom is -0.508 e. The highest BCUT2D eigenvalue weighted by molar-refractivity contribution is 9.10. The monoisotopic (exact) mass is 336 g/mol. The predicted molar refractivity (Wildman–Crippen MR) is 80.9 cm³/mol. The maximum atomic E-state index is 10.9. The van der Waals surface area contributed by atoms with Crippen LogP contribution >= 0.6 is 15.9 Å². The zero-order valence-corrected chi connectivity index (χ0v) is 12.3. The lowest BCUT2D eigenvalue weighted by Crippen LogP contribution is -2.06. The van der Waals surface area contributed by atoms with Crippen LogP contribution in [0.4, 0.5) is 11.4 Å². The van der Waals surface area contributed by atoms with E-state index < -0.39 is 4.92 Å². The molecule has 0 aliphatic heterocycles. The number of nitro benzene ring substituents is 1. The molecule has 2 rings (SSSR count). The van der Waals surface area contributed by atoms with Crippen LogP contribution in [-0.2, 0) is 0 Å². The maximum Gasteiger partial charge on any atom is 0.285 e. The molecule has 0 amide bonds. The van der Waals surface area contributed by atoms with Crippen molar-refractivity contribution in [2.45, 2.75) is 13.0 Å². The molecule has 1 atom stereocenters. The summed E-state index contributed by atoms with van der Waals surface area (Å²) < 4.78 is 0.449. The van der Waals surface area contributed by atoms with E-state index in [2.05, 4.69) is 21.2 Å². The first-order valence-electron chi connectivity index (χ1n) is 5.97. The third-order valence-electron chi connectivity index (χ3n) is 2.92. The third kappa shape index (κ3) is 3.27. The van der Waals surface area contributed by atoms with Crippen molar-refractivity contribution in [3.05, 3.63) is 62.6 Å². The van der Waals surface area contributed by atoms with Gasteiger partial charge in [0.15, 0.2) is 0 Å². The second kappa shape index (κ2) is 5.92. The van der Waals surface area contributed by atoms with Crippen LogP contribution in [0, 0.1) is 10.1 Å². The predicted octanol–water partition coefficient (Wildman–Crippen LogP) is 4.24. The standard InChI is InChI=1S/C14H13BrN2O3/c1-9(10-2-5-12(18)6-3-10)16-11-4-7-13(15)14(8-11)17(19)20/h2-9,16,18H,1H3. The summed E-state index contributed by atoms with van der Waals surface area (Å²) in [5.41, 5.74) is 1.67. The summed E-state index contributed by atoms with van der Waals surface area (Å²) in [6, 6.07) is 11.7. The fraction of sp³-hybridized carbons (Fsp3) is 0.143. The number of nitro groups is 1. The summed E-state index contributed by atoms with van der Waals surface area (Å²) in [4.78, 5) is 10.5. The van der Waals surface area contributed by atoms with E-state index in [1.54, 1.807) is 36.4 Å². The van der Waals surface area contributed by atoms with Gasteiger partial charge in [-0.25, -0.2) is 0 Å². The van der Waals surface area contributed by atoms with Crippen LogP contribution in [-0.4, -0.2) is 10.0 Å². The van der Waals surface area contributed by atoms with Crippen LogP contribution in [0.5, 0.6) is 5.75 Å². The molecule has 0 aliphatic carbocycles. The summed E-state index contributed by atoms with van der Waals surface area (Å²) in [5.74, 6) is 0.209. The Labute approximate surface area is 124 Å². The molecule has 6 heteroatoms. The van der Waals surface area contributed by atoms with Crippen LogP contribution in [0.25, 0.3) is 0 Å². The number of aromatic hydroxyl groups is 1. The molecule has 0 bridgehead atoms. The number of hydrogen-bond donors (Lipinski definition) is 2. The number of halogens is 1. The fourth-order valence-electron chi connectivity index (χ4n) is 1.84. The van der Waals surface area contributed by atoms with Crippen LogP contribution in [0.15, 0.2) is 46.9 Å². The summed E-state index contributed by atoms with van der Waals surface area (Å²) in [7, 11) is 0. The Balaban J connectivity index is 2.19. The number of phenols is 1. The van der Waals surface area contributed by atoms with Gasteiger partial charge in [-0.2, -0.15) is 0 Å². The van der Waals surface area contributed by atoms with E-state index >= 15 is 0 Å². The van der Waals surface area contributed by atoms with Crippen molar-refractivity contribution in [1.29, 1.82) is 0 Å². The lowest BCUT2D eigenvalue weighted by atomic mass is 10.1. The summed E-state index contributed by atoms with van der Waals surface area (Å²) in [6.45, 7) is 1.94. The van der Waals surface area contributed by atoms with Gasteiger partial charge in [-0.05, 0) is 52.7 Å². The first-order chi connectivity index (χ1) is 9.47. The highest BCUT2D eigenvalue weighted by atomic mass is 79.9. The van der Waals surface area contributed by atoms with Gasteiger partial charge in [-0.3, -0.25) is 10.1 Å². The molecular formula is C14H13BrN2O3. The molecule has 1 unspecified atom stereocenters. The smallest absolute Gasteiger partial charge is 0.285 e. The molecular weight excluding hydrogens is 324 g/mol. The first-order valence-corrected chi connectivity index (χ1v) is 6.76. The average molecular weight is 337 g/mol. The molecule has 0 saturated carbocycles. The van der Waals surface area contributed by atoms with Gasteiger partial charge in [-0.15, -0.1) is 0 Å². The molecule has 20 heavy (non-hydrogen) atoms. The Morgan fingerprint density at radius 1 is 1.25 bits per heavy atom. The van der Waals surface area contributed by atoms with E-state index in [1.165, 1.54) is 6.07 Å². The molecule has 2 aromatic carbocycles. The number of rotatable bonds is 4. The lowest BCUT2D eigenvalue weighted by molar-refractivity contribution is -0.385. The van der Waals surface area contributed by atoms with Gasteiger partial charge in [0.2, 0.25) is 0 Å². The highest BCUT2D eigenvalue weighted by Gasteiger charge is 2.13. The van der Waals surface area contributed by atoms with Gasteiger partial charge in [-0.1, -0.05) is 12.1 Å². The van der Waals surface area contributed by atoms with Gasteiger partial charge in [0, 0.05) is 17.8 Å². The quantitative estimate of drug-likeness (QED) is 0.646. The number of nitrogens with one attached hydrogen (secondary N) is 1. The zero-order chi connectivity index (χ0) is 14.7. The zero-order valence-electron chi connectivity index (χ0n) is 10.7. The van der Waals surface area contributed by atoms with Crippen molar-refractivity contribution >= 4 is 27.3 Å². The van der Waals surface area contributed by atoms with E-state index in [0.29, 0.717) is 10.2 Å². The highest BCUT2D eigenvalue weighted by Crippen LogP contribution is 2.29. The molecule has 0 heterocycles. The molecule has 0 aromatic heterocycles. The van der Waals surface area contributed by atoms with Crippen molar-refractivity contribution in [1.82, 2.24) is 0 Å². The van der Waals surface area contributed by atoms with Gasteiger partial charge in [0.05, 0.1) is 9.40 Å². The topological polar surface area (TPSA) is 75.4 Å². The van der Waals surface area contributed by atoms with Gasteiger partial charge in [0.25, 0.3) is 5.69 Å².